The molecule has 3 N–H and O–H groups in total. The molecule has 188 valence electrons. The molecule has 0 saturated heterocycles. The van der Waals surface area contributed by atoms with Crippen molar-refractivity contribution in [1.29, 1.82) is 0 Å². The zero-order valence-electron chi connectivity index (χ0n) is 20.2. The average molecular weight is 490 g/mol. The van der Waals surface area contributed by atoms with Gasteiger partial charge in [-0.15, -0.1) is 0 Å². The number of hydrogen-bond acceptors (Lipinski definition) is 6. The Morgan fingerprint density at radius 2 is 1.66 bits per heavy atom. The summed E-state index contributed by atoms with van der Waals surface area (Å²) < 4.78 is 44.1. The molecule has 2 aromatic heterocycles. The average Bonchev–Trinajstić information content (AvgIpc) is 3.12. The number of rotatable bonds is 7. The van der Waals surface area contributed by atoms with Crippen LogP contribution in [0.25, 0.3) is 11.2 Å². The standard InChI is InChI=1S/C24H30F3N7O/c1-12(2)29-22(35)14-5-7-16(8-6-14)34-21-19(11-28-23(33-21)30-13(3)4)31-24(34)32-20-17(26)9-15(25)10-18(20)27/h9-14,16H,5-8H2,1-4H3,(H,29,35)(H,31,32)(H,28,30,33). The predicted octanol–water partition coefficient (Wildman–Crippen LogP) is 5.06. The van der Waals surface area contributed by atoms with Crippen LogP contribution in [0.15, 0.2) is 18.3 Å². The number of fused-ring (bicyclic) bond motifs is 1. The number of halogens is 3. The minimum Gasteiger partial charge on any atom is -0.354 e. The topological polar surface area (TPSA) is 96.8 Å². The molecule has 4 rings (SSSR count). The molecule has 0 spiro atoms. The van der Waals surface area contributed by atoms with Crippen molar-refractivity contribution in [2.75, 3.05) is 10.6 Å². The second-order valence-corrected chi connectivity index (χ2v) is 9.55. The number of carbonyl (C=O) groups is 1. The van der Waals surface area contributed by atoms with E-state index in [1.807, 2.05) is 27.7 Å². The Hall–Kier alpha value is -3.37. The van der Waals surface area contributed by atoms with Gasteiger partial charge in [0.25, 0.3) is 0 Å². The monoisotopic (exact) mass is 489 g/mol. The van der Waals surface area contributed by atoms with Gasteiger partial charge in [0.2, 0.25) is 17.8 Å². The summed E-state index contributed by atoms with van der Waals surface area (Å²) in [6.07, 6.45) is 4.17. The van der Waals surface area contributed by atoms with Crippen LogP contribution in [0.2, 0.25) is 0 Å². The minimum absolute atomic E-state index is 0.0356. The van der Waals surface area contributed by atoms with E-state index in [-0.39, 0.29) is 35.9 Å². The van der Waals surface area contributed by atoms with Crippen molar-refractivity contribution in [2.24, 2.45) is 5.92 Å². The van der Waals surface area contributed by atoms with Crippen molar-refractivity contribution in [3.63, 3.8) is 0 Å². The Morgan fingerprint density at radius 1 is 1.00 bits per heavy atom. The smallest absolute Gasteiger partial charge is 0.224 e. The SMILES string of the molecule is CC(C)NC(=O)C1CCC(n2c(Nc3c(F)cc(F)cc3F)nc3cnc(NC(C)C)nc32)CC1. The van der Waals surface area contributed by atoms with E-state index in [0.29, 0.717) is 54.9 Å². The number of amides is 1. The van der Waals surface area contributed by atoms with E-state index < -0.39 is 23.1 Å². The Morgan fingerprint density at radius 3 is 2.26 bits per heavy atom. The number of nitrogens with one attached hydrogen (secondary N) is 3. The van der Waals surface area contributed by atoms with Crippen LogP contribution in [-0.2, 0) is 4.79 Å². The van der Waals surface area contributed by atoms with Crippen molar-refractivity contribution in [3.8, 4) is 0 Å². The maximum atomic E-state index is 14.4. The van der Waals surface area contributed by atoms with E-state index in [1.54, 1.807) is 10.8 Å². The first-order valence-corrected chi connectivity index (χ1v) is 11.9. The van der Waals surface area contributed by atoms with Crippen LogP contribution in [0.3, 0.4) is 0 Å². The lowest BCUT2D eigenvalue weighted by atomic mass is 9.85. The van der Waals surface area contributed by atoms with Gasteiger partial charge in [0.1, 0.15) is 17.0 Å². The Kier molecular flexibility index (Phi) is 7.13. The number of imidazole rings is 1. The van der Waals surface area contributed by atoms with Gasteiger partial charge in [0.15, 0.2) is 17.3 Å². The molecule has 0 unspecified atom stereocenters. The quantitative estimate of drug-likeness (QED) is 0.429. The van der Waals surface area contributed by atoms with E-state index >= 15 is 0 Å². The summed E-state index contributed by atoms with van der Waals surface area (Å²) in [5.41, 5.74) is 0.453. The van der Waals surface area contributed by atoms with Crippen LogP contribution in [0.4, 0.5) is 30.8 Å². The molecule has 0 aliphatic heterocycles. The highest BCUT2D eigenvalue weighted by atomic mass is 19.1. The lowest BCUT2D eigenvalue weighted by molar-refractivity contribution is -0.126. The third kappa shape index (κ3) is 5.49. The third-order valence-corrected chi connectivity index (χ3v) is 5.96. The number of aromatic nitrogens is 4. The lowest BCUT2D eigenvalue weighted by Crippen LogP contribution is -2.37. The molecule has 1 amide bonds. The second kappa shape index (κ2) is 10.1. The van der Waals surface area contributed by atoms with Crippen LogP contribution in [-0.4, -0.2) is 37.5 Å². The van der Waals surface area contributed by atoms with Crippen LogP contribution in [0, 0.1) is 23.4 Å². The predicted molar refractivity (Wildman–Crippen MR) is 128 cm³/mol. The molecule has 3 aromatic rings. The number of nitrogens with zero attached hydrogens (tertiary/aromatic N) is 4. The zero-order chi connectivity index (χ0) is 25.3. The summed E-state index contributed by atoms with van der Waals surface area (Å²) in [4.78, 5) is 25.9. The van der Waals surface area contributed by atoms with Gasteiger partial charge >= 0.3 is 0 Å². The molecule has 1 aliphatic carbocycles. The number of carbonyl (C=O) groups excluding carboxylic acids is 1. The molecule has 35 heavy (non-hydrogen) atoms. The van der Waals surface area contributed by atoms with E-state index in [2.05, 4.69) is 30.9 Å². The van der Waals surface area contributed by atoms with Gasteiger partial charge < -0.3 is 16.0 Å². The summed E-state index contributed by atoms with van der Waals surface area (Å²) in [6.45, 7) is 7.77. The molecule has 1 saturated carbocycles. The fourth-order valence-corrected chi connectivity index (χ4v) is 4.42. The lowest BCUT2D eigenvalue weighted by Gasteiger charge is -2.30. The fraction of sp³-hybridized carbons (Fsp3) is 0.500. The second-order valence-electron chi connectivity index (χ2n) is 9.55. The third-order valence-electron chi connectivity index (χ3n) is 5.96. The van der Waals surface area contributed by atoms with Crippen molar-refractivity contribution in [3.05, 3.63) is 35.8 Å². The number of anilines is 3. The highest BCUT2D eigenvalue weighted by molar-refractivity contribution is 5.79. The van der Waals surface area contributed by atoms with E-state index in [1.165, 1.54) is 0 Å². The maximum absolute atomic E-state index is 14.4. The van der Waals surface area contributed by atoms with Gasteiger partial charge in [0, 0.05) is 36.2 Å². The van der Waals surface area contributed by atoms with Crippen molar-refractivity contribution >= 4 is 34.7 Å². The molecule has 0 atom stereocenters. The molecule has 2 heterocycles. The molecule has 1 aromatic carbocycles. The maximum Gasteiger partial charge on any atom is 0.224 e. The molecule has 11 heteroatoms. The minimum atomic E-state index is -1.07. The van der Waals surface area contributed by atoms with Crippen LogP contribution in [0.1, 0.15) is 59.4 Å². The first-order valence-electron chi connectivity index (χ1n) is 11.9. The number of benzene rings is 1. The Labute approximate surface area is 201 Å². The highest BCUT2D eigenvalue weighted by Gasteiger charge is 2.30. The Balaban J connectivity index is 1.70. The summed E-state index contributed by atoms with van der Waals surface area (Å²) in [5, 5.41) is 8.83. The largest absolute Gasteiger partial charge is 0.354 e. The first kappa shape index (κ1) is 24.7. The van der Waals surface area contributed by atoms with E-state index in [9.17, 15) is 18.0 Å². The van der Waals surface area contributed by atoms with Crippen molar-refractivity contribution in [1.82, 2.24) is 24.8 Å². The molecule has 0 radical (unpaired) electrons. The van der Waals surface area contributed by atoms with Crippen molar-refractivity contribution < 1.29 is 18.0 Å². The molecule has 1 aliphatic rings. The molecular weight excluding hydrogens is 459 g/mol. The van der Waals surface area contributed by atoms with Gasteiger partial charge in [0.05, 0.1) is 6.20 Å². The highest BCUT2D eigenvalue weighted by Crippen LogP contribution is 2.37. The van der Waals surface area contributed by atoms with Crippen molar-refractivity contribution in [2.45, 2.75) is 71.5 Å². The fourth-order valence-electron chi connectivity index (χ4n) is 4.42. The summed E-state index contributed by atoms with van der Waals surface area (Å²) in [6, 6.07) is 1.28. The summed E-state index contributed by atoms with van der Waals surface area (Å²) >= 11 is 0. The van der Waals surface area contributed by atoms with Gasteiger partial charge in [-0.2, -0.15) is 4.98 Å². The van der Waals surface area contributed by atoms with Crippen LogP contribution < -0.4 is 16.0 Å². The normalized spacial score (nSPS) is 18.3. The van der Waals surface area contributed by atoms with Gasteiger partial charge in [-0.1, -0.05) is 0 Å². The van der Waals surface area contributed by atoms with E-state index in [0.717, 1.165) is 0 Å². The van der Waals surface area contributed by atoms with Crippen LogP contribution >= 0.6 is 0 Å². The first-order chi connectivity index (χ1) is 16.6. The van der Waals surface area contributed by atoms with Gasteiger partial charge in [-0.05, 0) is 53.4 Å². The Bertz CT molecular complexity index is 1200. The zero-order valence-corrected chi connectivity index (χ0v) is 20.2. The number of hydrogen-bond donors (Lipinski definition) is 3. The van der Waals surface area contributed by atoms with E-state index in [4.69, 9.17) is 0 Å². The summed E-state index contributed by atoms with van der Waals surface area (Å²) in [7, 11) is 0. The van der Waals surface area contributed by atoms with Gasteiger partial charge in [-0.3, -0.25) is 9.36 Å². The van der Waals surface area contributed by atoms with Crippen LogP contribution in [0.5, 0.6) is 0 Å². The van der Waals surface area contributed by atoms with Gasteiger partial charge in [-0.25, -0.2) is 23.1 Å². The molecule has 8 nitrogen and oxygen atoms in total. The molecule has 0 bridgehead atoms. The molecular formula is C24H30F3N7O. The molecule has 1 fully saturated rings. The summed E-state index contributed by atoms with van der Waals surface area (Å²) in [5.74, 6) is -2.62.